The second kappa shape index (κ2) is 3.55. The minimum Gasteiger partial charge on any atom is -0.245 e. The molecule has 4 heteroatoms. The zero-order valence-corrected chi connectivity index (χ0v) is 9.00. The number of rotatable bonds is 2. The average Bonchev–Trinajstić information content (AvgIpc) is 2.62. The Morgan fingerprint density at radius 1 is 1.00 bits per heavy atom. The van der Waals surface area contributed by atoms with E-state index >= 15 is 0 Å². The van der Waals surface area contributed by atoms with E-state index < -0.39 is 0 Å². The van der Waals surface area contributed by atoms with Gasteiger partial charge >= 0.3 is 0 Å². The first-order chi connectivity index (χ1) is 6.24. The van der Waals surface area contributed by atoms with Crippen LogP contribution >= 0.6 is 22.7 Å². The normalized spacial score (nSPS) is 10.6. The number of hydrogen-bond acceptors (Lipinski definition) is 4. The maximum atomic E-state index is 4.29. The molecule has 2 aromatic heterocycles. The van der Waals surface area contributed by atoms with Crippen LogP contribution in [-0.2, 0) is 0 Å². The summed E-state index contributed by atoms with van der Waals surface area (Å²) in [4.78, 5) is 8.58. The molecule has 0 atom stereocenters. The number of aryl methyl sites for hydroxylation is 2. The molecule has 2 nitrogen and oxygen atoms in total. The van der Waals surface area contributed by atoms with Crippen molar-refractivity contribution in [3.05, 3.63) is 38.6 Å². The molecule has 0 aliphatic rings. The Kier molecular flexibility index (Phi) is 2.42. The van der Waals surface area contributed by atoms with Crippen LogP contribution in [0, 0.1) is 20.3 Å². The van der Waals surface area contributed by atoms with Gasteiger partial charge in [-0.05, 0) is 13.8 Å². The highest BCUT2D eigenvalue weighted by molar-refractivity contribution is 7.11. The van der Waals surface area contributed by atoms with E-state index in [0.29, 0.717) is 0 Å². The van der Waals surface area contributed by atoms with Crippen molar-refractivity contribution in [1.82, 2.24) is 9.97 Å². The highest BCUT2D eigenvalue weighted by atomic mass is 32.1. The van der Waals surface area contributed by atoms with Gasteiger partial charge in [-0.15, -0.1) is 22.7 Å². The van der Waals surface area contributed by atoms with Crippen molar-refractivity contribution in [2.75, 3.05) is 0 Å². The maximum absolute atomic E-state index is 4.29. The highest BCUT2D eigenvalue weighted by Gasteiger charge is 2.05. The Labute approximate surface area is 85.3 Å². The van der Waals surface area contributed by atoms with E-state index in [1.54, 1.807) is 22.7 Å². The molecule has 66 valence electrons. The number of thiazole rings is 2. The van der Waals surface area contributed by atoms with Crippen LogP contribution in [0.5, 0.6) is 0 Å². The lowest BCUT2D eigenvalue weighted by atomic mass is 10.4. The first-order valence-corrected chi connectivity index (χ1v) is 5.61. The number of nitrogens with zero attached hydrogens (tertiary/aromatic N) is 2. The smallest absolute Gasteiger partial charge is 0.113 e. The average molecular weight is 208 g/mol. The molecule has 0 N–H and O–H groups in total. The first-order valence-electron chi connectivity index (χ1n) is 3.85. The molecule has 0 aromatic carbocycles. The Balaban J connectivity index is 2.14. The van der Waals surface area contributed by atoms with E-state index in [1.165, 1.54) is 0 Å². The third-order valence-electron chi connectivity index (χ3n) is 1.45. The molecule has 2 aromatic rings. The van der Waals surface area contributed by atoms with E-state index in [9.17, 15) is 0 Å². The van der Waals surface area contributed by atoms with Crippen LogP contribution < -0.4 is 0 Å². The molecule has 0 aliphatic carbocycles. The predicted molar refractivity (Wildman–Crippen MR) is 55.1 cm³/mol. The molecule has 0 fully saturated rings. The molecule has 0 unspecified atom stereocenters. The lowest BCUT2D eigenvalue weighted by molar-refractivity contribution is 1.17. The molecular formula is C9H8N2S2. The fraction of sp³-hybridized carbons (Fsp3) is 0.222. The van der Waals surface area contributed by atoms with Crippen molar-refractivity contribution >= 4 is 22.7 Å². The van der Waals surface area contributed by atoms with Crippen molar-refractivity contribution in [2.45, 2.75) is 13.8 Å². The lowest BCUT2D eigenvalue weighted by Gasteiger charge is -1.87. The standard InChI is InChI=1S/C9H8N2S2/c1-6-4-12-8(10-6)3-9-11-7(2)5-13-9/h4-5H,1-2H3. The molecule has 0 amide bonds. The molecular weight excluding hydrogens is 200 g/mol. The summed E-state index contributed by atoms with van der Waals surface area (Å²) in [6, 6.07) is 0. The van der Waals surface area contributed by atoms with Crippen LogP contribution in [0.25, 0.3) is 0 Å². The Morgan fingerprint density at radius 2 is 1.46 bits per heavy atom. The van der Waals surface area contributed by atoms with Crippen molar-refractivity contribution in [2.24, 2.45) is 0 Å². The van der Waals surface area contributed by atoms with Gasteiger partial charge in [-0.2, -0.15) is 0 Å². The summed E-state index contributed by atoms with van der Waals surface area (Å²) < 4.78 is 0. The summed E-state index contributed by atoms with van der Waals surface area (Å²) >= 11 is 3.20. The van der Waals surface area contributed by atoms with Crippen LogP contribution in [0.3, 0.4) is 0 Å². The largest absolute Gasteiger partial charge is 0.245 e. The molecule has 0 bridgehead atoms. The zero-order chi connectivity index (χ0) is 9.26. The fourth-order valence-corrected chi connectivity index (χ4v) is 2.35. The highest BCUT2D eigenvalue weighted by Crippen LogP contribution is 2.18. The second-order valence-corrected chi connectivity index (χ2v) is 4.43. The van der Waals surface area contributed by atoms with Gasteiger partial charge in [0.2, 0.25) is 0 Å². The minimum atomic E-state index is 0.909. The van der Waals surface area contributed by atoms with Crippen molar-refractivity contribution < 1.29 is 0 Å². The lowest BCUT2D eigenvalue weighted by Crippen LogP contribution is -1.83. The van der Waals surface area contributed by atoms with Crippen LogP contribution in [0.2, 0.25) is 0 Å². The fourth-order valence-electron chi connectivity index (χ4n) is 0.914. The molecule has 2 radical (unpaired) electrons. The van der Waals surface area contributed by atoms with Gasteiger partial charge in [0, 0.05) is 22.1 Å². The van der Waals surface area contributed by atoms with Gasteiger partial charge in [-0.3, -0.25) is 0 Å². The minimum absolute atomic E-state index is 0.909. The third kappa shape index (κ3) is 2.14. The number of hydrogen-bond donors (Lipinski definition) is 0. The van der Waals surface area contributed by atoms with Gasteiger partial charge in [-0.1, -0.05) is 0 Å². The van der Waals surface area contributed by atoms with Crippen molar-refractivity contribution in [1.29, 1.82) is 0 Å². The predicted octanol–water partition coefficient (Wildman–Crippen LogP) is 2.69. The maximum Gasteiger partial charge on any atom is 0.113 e. The van der Waals surface area contributed by atoms with Gasteiger partial charge in [0.15, 0.2) is 0 Å². The van der Waals surface area contributed by atoms with E-state index in [1.807, 2.05) is 24.6 Å². The summed E-state index contributed by atoms with van der Waals surface area (Å²) in [6.45, 7) is 3.96. The summed E-state index contributed by atoms with van der Waals surface area (Å²) in [5, 5.41) is 5.85. The van der Waals surface area contributed by atoms with Crippen LogP contribution in [0.4, 0.5) is 0 Å². The van der Waals surface area contributed by atoms with Gasteiger partial charge in [-0.25, -0.2) is 9.97 Å². The topological polar surface area (TPSA) is 25.8 Å². The van der Waals surface area contributed by atoms with E-state index in [-0.39, 0.29) is 0 Å². The monoisotopic (exact) mass is 208 g/mol. The van der Waals surface area contributed by atoms with Crippen LogP contribution in [0.1, 0.15) is 21.4 Å². The third-order valence-corrected chi connectivity index (χ3v) is 3.20. The van der Waals surface area contributed by atoms with Crippen molar-refractivity contribution in [3.8, 4) is 0 Å². The van der Waals surface area contributed by atoms with Crippen molar-refractivity contribution in [3.63, 3.8) is 0 Å². The summed E-state index contributed by atoms with van der Waals surface area (Å²) in [5.74, 6) is 0. The second-order valence-electron chi connectivity index (χ2n) is 2.71. The van der Waals surface area contributed by atoms with E-state index in [4.69, 9.17) is 0 Å². The quantitative estimate of drug-likeness (QED) is 0.758. The molecule has 0 spiro atoms. The molecule has 2 heterocycles. The summed E-state index contributed by atoms with van der Waals surface area (Å²) in [7, 11) is 0. The first kappa shape index (κ1) is 8.84. The van der Waals surface area contributed by atoms with Gasteiger partial charge in [0.25, 0.3) is 0 Å². The van der Waals surface area contributed by atoms with Gasteiger partial charge in [0.05, 0.1) is 0 Å². The summed E-state index contributed by atoms with van der Waals surface area (Å²) in [5.41, 5.74) is 2.08. The Hall–Kier alpha value is -0.740. The molecule has 0 saturated carbocycles. The van der Waals surface area contributed by atoms with Gasteiger partial charge in [0.1, 0.15) is 16.4 Å². The van der Waals surface area contributed by atoms with Crippen LogP contribution in [0.15, 0.2) is 10.8 Å². The Bertz CT molecular complexity index is 365. The van der Waals surface area contributed by atoms with Crippen LogP contribution in [-0.4, -0.2) is 9.97 Å². The number of aromatic nitrogens is 2. The van der Waals surface area contributed by atoms with E-state index in [2.05, 4.69) is 16.4 Å². The SMILES string of the molecule is Cc1csc([C]c2nc(C)cs2)n1. The molecule has 0 saturated heterocycles. The zero-order valence-electron chi connectivity index (χ0n) is 7.37. The molecule has 2 rings (SSSR count). The summed E-state index contributed by atoms with van der Waals surface area (Å²) in [6.07, 6.45) is 3.16. The van der Waals surface area contributed by atoms with E-state index in [0.717, 1.165) is 21.4 Å². The molecule has 0 aliphatic heterocycles. The van der Waals surface area contributed by atoms with Gasteiger partial charge < -0.3 is 0 Å². The molecule has 13 heavy (non-hydrogen) atoms. The Morgan fingerprint density at radius 3 is 1.77 bits per heavy atom.